The SMILES string of the molecule is CC1(C)OC2O[C@H](CO)[C@@H](OCc3ccccc3)[C@H]2O1. The molecule has 1 unspecified atom stereocenters. The summed E-state index contributed by atoms with van der Waals surface area (Å²) in [7, 11) is 0. The van der Waals surface area contributed by atoms with Crippen LogP contribution in [0.4, 0.5) is 0 Å². The highest BCUT2D eigenvalue weighted by atomic mass is 16.8. The molecule has 2 aliphatic heterocycles. The van der Waals surface area contributed by atoms with E-state index in [4.69, 9.17) is 18.9 Å². The first kappa shape index (κ1) is 14.0. The predicted octanol–water partition coefficient (Wildman–Crippen LogP) is 1.44. The van der Waals surface area contributed by atoms with Gasteiger partial charge in [-0.25, -0.2) is 0 Å². The second-order valence-corrected chi connectivity index (χ2v) is 5.59. The zero-order valence-electron chi connectivity index (χ0n) is 11.7. The van der Waals surface area contributed by atoms with Crippen LogP contribution in [0.3, 0.4) is 0 Å². The molecular weight excluding hydrogens is 260 g/mol. The van der Waals surface area contributed by atoms with Crippen molar-refractivity contribution in [2.45, 2.75) is 50.8 Å². The molecule has 2 aliphatic rings. The predicted molar refractivity (Wildman–Crippen MR) is 70.8 cm³/mol. The van der Waals surface area contributed by atoms with E-state index in [2.05, 4.69) is 0 Å². The van der Waals surface area contributed by atoms with Crippen molar-refractivity contribution in [3.63, 3.8) is 0 Å². The maximum absolute atomic E-state index is 9.40. The molecule has 0 saturated carbocycles. The number of ether oxygens (including phenoxy) is 4. The van der Waals surface area contributed by atoms with Crippen LogP contribution in [0.1, 0.15) is 19.4 Å². The first-order valence-corrected chi connectivity index (χ1v) is 6.86. The highest BCUT2D eigenvalue weighted by Gasteiger charge is 2.55. The van der Waals surface area contributed by atoms with E-state index in [1.165, 1.54) is 0 Å². The third-order valence-electron chi connectivity index (χ3n) is 3.55. The summed E-state index contributed by atoms with van der Waals surface area (Å²) in [6.07, 6.45) is -1.51. The van der Waals surface area contributed by atoms with E-state index in [9.17, 15) is 5.11 Å². The minimum absolute atomic E-state index is 0.112. The lowest BCUT2D eigenvalue weighted by atomic mass is 10.1. The lowest BCUT2D eigenvalue weighted by Crippen LogP contribution is -2.38. The van der Waals surface area contributed by atoms with Crippen molar-refractivity contribution in [2.24, 2.45) is 0 Å². The maximum atomic E-state index is 9.40. The molecule has 0 aliphatic carbocycles. The van der Waals surface area contributed by atoms with Crippen molar-refractivity contribution in [1.29, 1.82) is 0 Å². The van der Waals surface area contributed by atoms with Gasteiger partial charge in [-0.15, -0.1) is 0 Å². The Balaban J connectivity index is 1.67. The van der Waals surface area contributed by atoms with Crippen LogP contribution >= 0.6 is 0 Å². The van der Waals surface area contributed by atoms with Gasteiger partial charge in [-0.05, 0) is 19.4 Å². The molecule has 0 aromatic heterocycles. The van der Waals surface area contributed by atoms with E-state index < -0.39 is 18.2 Å². The number of aliphatic hydroxyl groups excluding tert-OH is 1. The molecule has 3 rings (SSSR count). The van der Waals surface area contributed by atoms with Crippen LogP contribution in [0.5, 0.6) is 0 Å². The molecule has 0 amide bonds. The van der Waals surface area contributed by atoms with E-state index in [0.717, 1.165) is 5.56 Å². The number of aliphatic hydroxyl groups is 1. The molecule has 2 heterocycles. The van der Waals surface area contributed by atoms with Gasteiger partial charge < -0.3 is 24.1 Å². The molecule has 1 N–H and O–H groups in total. The average molecular weight is 280 g/mol. The Morgan fingerprint density at radius 3 is 2.65 bits per heavy atom. The summed E-state index contributed by atoms with van der Waals surface area (Å²) >= 11 is 0. The Morgan fingerprint density at radius 2 is 1.95 bits per heavy atom. The van der Waals surface area contributed by atoms with Crippen molar-refractivity contribution in [3.8, 4) is 0 Å². The summed E-state index contributed by atoms with van der Waals surface area (Å²) in [6, 6.07) is 9.89. The van der Waals surface area contributed by atoms with Crippen LogP contribution in [0.25, 0.3) is 0 Å². The Kier molecular flexibility index (Phi) is 3.79. The number of rotatable bonds is 4. The molecule has 5 heteroatoms. The Hall–Kier alpha value is -0.980. The molecule has 20 heavy (non-hydrogen) atoms. The fourth-order valence-electron chi connectivity index (χ4n) is 2.66. The monoisotopic (exact) mass is 280 g/mol. The second kappa shape index (κ2) is 5.42. The minimum atomic E-state index is -0.676. The molecule has 0 spiro atoms. The van der Waals surface area contributed by atoms with E-state index in [0.29, 0.717) is 6.61 Å². The summed E-state index contributed by atoms with van der Waals surface area (Å²) in [5, 5.41) is 9.40. The third kappa shape index (κ3) is 2.73. The van der Waals surface area contributed by atoms with Gasteiger partial charge in [-0.1, -0.05) is 30.3 Å². The van der Waals surface area contributed by atoms with Gasteiger partial charge in [-0.3, -0.25) is 0 Å². The lowest BCUT2D eigenvalue weighted by Gasteiger charge is -2.25. The van der Waals surface area contributed by atoms with Gasteiger partial charge >= 0.3 is 0 Å². The number of hydrogen-bond donors (Lipinski definition) is 1. The van der Waals surface area contributed by atoms with Gasteiger partial charge in [0.1, 0.15) is 18.3 Å². The van der Waals surface area contributed by atoms with Crippen LogP contribution in [-0.2, 0) is 25.6 Å². The molecule has 110 valence electrons. The van der Waals surface area contributed by atoms with Crippen LogP contribution in [0.2, 0.25) is 0 Å². The van der Waals surface area contributed by atoms with Crippen LogP contribution in [0.15, 0.2) is 30.3 Å². The highest BCUT2D eigenvalue weighted by Crippen LogP contribution is 2.38. The zero-order valence-corrected chi connectivity index (χ0v) is 11.7. The van der Waals surface area contributed by atoms with E-state index >= 15 is 0 Å². The fraction of sp³-hybridized carbons (Fsp3) is 0.600. The topological polar surface area (TPSA) is 57.2 Å². The Labute approximate surface area is 118 Å². The maximum Gasteiger partial charge on any atom is 0.190 e. The normalized spacial score (nSPS) is 35.1. The van der Waals surface area contributed by atoms with Crippen LogP contribution in [-0.4, -0.2) is 42.1 Å². The second-order valence-electron chi connectivity index (χ2n) is 5.59. The van der Waals surface area contributed by atoms with Gasteiger partial charge in [0.2, 0.25) is 0 Å². The summed E-state index contributed by atoms with van der Waals surface area (Å²) in [6.45, 7) is 4.03. The molecule has 0 radical (unpaired) electrons. The van der Waals surface area contributed by atoms with Crippen molar-refractivity contribution in [2.75, 3.05) is 6.61 Å². The van der Waals surface area contributed by atoms with Crippen molar-refractivity contribution >= 4 is 0 Å². The lowest BCUT2D eigenvalue weighted by molar-refractivity contribution is -0.222. The number of fused-ring (bicyclic) bond motifs is 1. The number of hydrogen-bond acceptors (Lipinski definition) is 5. The molecule has 1 aromatic carbocycles. The van der Waals surface area contributed by atoms with Gasteiger partial charge in [0.15, 0.2) is 12.1 Å². The number of benzene rings is 1. The largest absolute Gasteiger partial charge is 0.394 e. The molecule has 5 nitrogen and oxygen atoms in total. The first-order valence-electron chi connectivity index (χ1n) is 6.86. The van der Waals surface area contributed by atoms with Gasteiger partial charge in [0.25, 0.3) is 0 Å². The smallest absolute Gasteiger partial charge is 0.190 e. The molecule has 2 fully saturated rings. The molecule has 4 atom stereocenters. The van der Waals surface area contributed by atoms with Gasteiger partial charge in [0.05, 0.1) is 13.2 Å². The summed E-state index contributed by atoms with van der Waals surface area (Å²) < 4.78 is 23.0. The Bertz CT molecular complexity index is 447. The Morgan fingerprint density at radius 1 is 1.20 bits per heavy atom. The third-order valence-corrected chi connectivity index (χ3v) is 3.55. The van der Waals surface area contributed by atoms with Crippen molar-refractivity contribution in [1.82, 2.24) is 0 Å². The highest BCUT2D eigenvalue weighted by molar-refractivity contribution is 5.13. The summed E-state index contributed by atoms with van der Waals surface area (Å²) in [4.78, 5) is 0. The van der Waals surface area contributed by atoms with E-state index in [-0.39, 0.29) is 18.8 Å². The summed E-state index contributed by atoms with van der Waals surface area (Å²) in [5.41, 5.74) is 1.07. The van der Waals surface area contributed by atoms with Crippen LogP contribution < -0.4 is 0 Å². The first-order chi connectivity index (χ1) is 9.59. The minimum Gasteiger partial charge on any atom is -0.394 e. The average Bonchev–Trinajstić information content (AvgIpc) is 2.89. The zero-order chi connectivity index (χ0) is 14.2. The van der Waals surface area contributed by atoms with E-state index in [1.54, 1.807) is 0 Å². The van der Waals surface area contributed by atoms with Crippen molar-refractivity contribution in [3.05, 3.63) is 35.9 Å². The standard InChI is InChI=1S/C15H20O5/c1-15(2)19-13-12(11(8-16)18-14(13)20-15)17-9-10-6-4-3-5-7-10/h3-7,11-14,16H,8-9H2,1-2H3/t11-,12-,13-,14?/m1/s1. The summed E-state index contributed by atoms with van der Waals surface area (Å²) in [5.74, 6) is -0.676. The quantitative estimate of drug-likeness (QED) is 0.904. The van der Waals surface area contributed by atoms with Gasteiger partial charge in [-0.2, -0.15) is 0 Å². The molecule has 0 bridgehead atoms. The van der Waals surface area contributed by atoms with Crippen molar-refractivity contribution < 1.29 is 24.1 Å². The molecule has 1 aromatic rings. The van der Waals surface area contributed by atoms with E-state index in [1.807, 2.05) is 44.2 Å². The fourth-order valence-corrected chi connectivity index (χ4v) is 2.66. The molecular formula is C15H20O5. The van der Waals surface area contributed by atoms with Gasteiger partial charge in [0, 0.05) is 0 Å². The molecule has 2 saturated heterocycles. The van der Waals surface area contributed by atoms with Crippen LogP contribution in [0, 0.1) is 0 Å².